The summed E-state index contributed by atoms with van der Waals surface area (Å²) in [6, 6.07) is 12.5. The Kier molecular flexibility index (Phi) is 10.6. The lowest BCUT2D eigenvalue weighted by atomic mass is 9.67. The fraction of sp³-hybridized carbons (Fsp3) is 0.774. The second-order valence-corrected chi connectivity index (χ2v) is 11.2. The van der Waals surface area contributed by atoms with Gasteiger partial charge in [0.1, 0.15) is 0 Å². The summed E-state index contributed by atoms with van der Waals surface area (Å²) < 4.78 is 0. The Morgan fingerprint density at radius 3 is 1.81 bits per heavy atom. The molecular formula is C31H49N. The highest BCUT2D eigenvalue weighted by Gasteiger charge is 2.35. The zero-order chi connectivity index (χ0) is 22.7. The van der Waals surface area contributed by atoms with Crippen LogP contribution in [0, 0.1) is 22.7 Å². The topological polar surface area (TPSA) is 23.8 Å². The van der Waals surface area contributed by atoms with Gasteiger partial charge in [0.2, 0.25) is 0 Å². The highest BCUT2D eigenvalue weighted by atomic mass is 14.4. The van der Waals surface area contributed by atoms with E-state index in [4.69, 9.17) is 0 Å². The summed E-state index contributed by atoms with van der Waals surface area (Å²) in [6.45, 7) is 4.58. The van der Waals surface area contributed by atoms with Crippen molar-refractivity contribution in [1.82, 2.24) is 0 Å². The van der Waals surface area contributed by atoms with Gasteiger partial charge in [-0.2, -0.15) is 5.26 Å². The lowest BCUT2D eigenvalue weighted by Gasteiger charge is -2.35. The highest BCUT2D eigenvalue weighted by molar-refractivity contribution is 5.29. The molecule has 0 saturated heterocycles. The zero-order valence-electron chi connectivity index (χ0n) is 21.2. The Hall–Kier alpha value is -1.29. The van der Waals surface area contributed by atoms with E-state index in [2.05, 4.69) is 44.2 Å². The van der Waals surface area contributed by atoms with E-state index in [0.717, 1.165) is 31.1 Å². The van der Waals surface area contributed by atoms with Gasteiger partial charge in [-0.1, -0.05) is 95.9 Å². The average Bonchev–Trinajstić information content (AvgIpc) is 2.85. The van der Waals surface area contributed by atoms with Crippen LogP contribution in [-0.2, 0) is 0 Å². The molecule has 2 aliphatic rings. The van der Waals surface area contributed by atoms with Gasteiger partial charge in [-0.3, -0.25) is 0 Å². The maximum absolute atomic E-state index is 9.91. The smallest absolute Gasteiger partial charge is 0.0689 e. The van der Waals surface area contributed by atoms with Crippen LogP contribution in [0.5, 0.6) is 0 Å². The van der Waals surface area contributed by atoms with Gasteiger partial charge in [-0.15, -0.1) is 0 Å². The van der Waals surface area contributed by atoms with Crippen molar-refractivity contribution >= 4 is 0 Å². The largest absolute Gasteiger partial charge is 0.198 e. The average molecular weight is 436 g/mol. The van der Waals surface area contributed by atoms with Crippen LogP contribution in [0.3, 0.4) is 0 Å². The number of benzene rings is 1. The second kappa shape index (κ2) is 13.4. The van der Waals surface area contributed by atoms with E-state index in [1.807, 2.05) is 0 Å². The van der Waals surface area contributed by atoms with Gasteiger partial charge in [0, 0.05) is 0 Å². The molecule has 0 radical (unpaired) electrons. The predicted octanol–water partition coefficient (Wildman–Crippen LogP) is 10.1. The molecular weight excluding hydrogens is 386 g/mol. The number of hydrogen-bond donors (Lipinski definition) is 0. The van der Waals surface area contributed by atoms with E-state index in [0.29, 0.717) is 5.92 Å². The van der Waals surface area contributed by atoms with Crippen LogP contribution >= 0.6 is 0 Å². The fourth-order valence-electron chi connectivity index (χ4n) is 6.50. The van der Waals surface area contributed by atoms with Gasteiger partial charge < -0.3 is 0 Å². The third kappa shape index (κ3) is 7.37. The van der Waals surface area contributed by atoms with Crippen LogP contribution in [-0.4, -0.2) is 0 Å². The number of rotatable bonds is 12. The monoisotopic (exact) mass is 435 g/mol. The van der Waals surface area contributed by atoms with Crippen molar-refractivity contribution in [3.63, 3.8) is 0 Å². The van der Waals surface area contributed by atoms with Crippen LogP contribution in [0.1, 0.15) is 152 Å². The van der Waals surface area contributed by atoms with Crippen LogP contribution < -0.4 is 0 Å². The zero-order valence-corrected chi connectivity index (χ0v) is 21.2. The normalized spacial score (nSPS) is 28.3. The van der Waals surface area contributed by atoms with Crippen LogP contribution in [0.4, 0.5) is 0 Å². The molecule has 1 nitrogen and oxygen atoms in total. The minimum absolute atomic E-state index is 0.0293. The molecule has 2 fully saturated rings. The first kappa shape index (κ1) is 25.3. The molecule has 1 aromatic rings. The Labute approximate surface area is 199 Å². The molecule has 0 aromatic heterocycles. The van der Waals surface area contributed by atoms with Gasteiger partial charge in [0.15, 0.2) is 0 Å². The van der Waals surface area contributed by atoms with E-state index < -0.39 is 0 Å². The lowest BCUT2D eigenvalue weighted by Crippen LogP contribution is -2.25. The standard InChI is InChI=1S/C31H49N/c1-3-5-7-8-10-22-31(25-32)23-20-30(21-24-31)29-18-16-28(17-19-29)27-14-12-26(13-15-27)11-9-6-4-2/h16-19,26-27,30H,3-15,20-24H2,1-2H3/t26-,27-,30-,31-. The summed E-state index contributed by atoms with van der Waals surface area (Å²) >= 11 is 0. The van der Waals surface area contributed by atoms with Crippen LogP contribution in [0.25, 0.3) is 0 Å². The third-order valence-electron chi connectivity index (χ3n) is 8.88. The molecule has 0 unspecified atom stereocenters. The summed E-state index contributed by atoms with van der Waals surface area (Å²) in [6.07, 6.45) is 23.6. The van der Waals surface area contributed by atoms with Gasteiger partial charge in [-0.05, 0) is 86.7 Å². The Morgan fingerprint density at radius 1 is 0.719 bits per heavy atom. The molecule has 0 N–H and O–H groups in total. The fourth-order valence-corrected chi connectivity index (χ4v) is 6.50. The van der Waals surface area contributed by atoms with Crippen molar-refractivity contribution in [2.45, 2.75) is 141 Å². The minimum Gasteiger partial charge on any atom is -0.198 e. The van der Waals surface area contributed by atoms with E-state index >= 15 is 0 Å². The summed E-state index contributed by atoms with van der Waals surface area (Å²) in [4.78, 5) is 0. The summed E-state index contributed by atoms with van der Waals surface area (Å²) in [5, 5.41) is 9.91. The van der Waals surface area contributed by atoms with Crippen LogP contribution in [0.2, 0.25) is 0 Å². The van der Waals surface area contributed by atoms with Crippen molar-refractivity contribution in [2.24, 2.45) is 11.3 Å². The summed E-state index contributed by atoms with van der Waals surface area (Å²) in [5.74, 6) is 2.45. The maximum atomic E-state index is 9.91. The first-order valence-electron chi connectivity index (χ1n) is 14.2. The van der Waals surface area contributed by atoms with E-state index in [9.17, 15) is 5.26 Å². The molecule has 0 spiro atoms. The van der Waals surface area contributed by atoms with Crippen molar-refractivity contribution in [2.75, 3.05) is 0 Å². The Bertz CT molecular complexity index is 665. The van der Waals surface area contributed by atoms with Gasteiger partial charge in [0.05, 0.1) is 11.5 Å². The van der Waals surface area contributed by atoms with Gasteiger partial charge >= 0.3 is 0 Å². The summed E-state index contributed by atoms with van der Waals surface area (Å²) in [7, 11) is 0. The number of unbranched alkanes of at least 4 members (excludes halogenated alkanes) is 6. The van der Waals surface area contributed by atoms with E-state index in [1.165, 1.54) is 102 Å². The number of hydrogen-bond acceptors (Lipinski definition) is 1. The molecule has 0 bridgehead atoms. The molecule has 1 heteroatoms. The third-order valence-corrected chi connectivity index (χ3v) is 8.88. The highest BCUT2D eigenvalue weighted by Crippen LogP contribution is 2.46. The quantitative estimate of drug-likeness (QED) is 0.299. The second-order valence-electron chi connectivity index (χ2n) is 11.2. The first-order valence-corrected chi connectivity index (χ1v) is 14.2. The van der Waals surface area contributed by atoms with Crippen molar-refractivity contribution in [1.29, 1.82) is 5.26 Å². The van der Waals surface area contributed by atoms with Gasteiger partial charge in [0.25, 0.3) is 0 Å². The SMILES string of the molecule is CCCCCCC[C@]1(C#N)CC[C@H](c2ccc([C@H]3CC[C@H](CCCCC)CC3)cc2)CC1. The molecule has 1 aromatic carbocycles. The Morgan fingerprint density at radius 2 is 1.25 bits per heavy atom. The van der Waals surface area contributed by atoms with E-state index in [1.54, 1.807) is 5.56 Å². The van der Waals surface area contributed by atoms with Crippen molar-refractivity contribution < 1.29 is 0 Å². The molecule has 0 aliphatic heterocycles. The van der Waals surface area contributed by atoms with Crippen LogP contribution in [0.15, 0.2) is 24.3 Å². The van der Waals surface area contributed by atoms with E-state index in [-0.39, 0.29) is 5.41 Å². The number of nitriles is 1. The maximum Gasteiger partial charge on any atom is 0.0689 e. The molecule has 0 atom stereocenters. The molecule has 178 valence electrons. The molecule has 32 heavy (non-hydrogen) atoms. The summed E-state index contributed by atoms with van der Waals surface area (Å²) in [5.41, 5.74) is 3.07. The predicted molar refractivity (Wildman–Crippen MR) is 138 cm³/mol. The number of nitrogens with zero attached hydrogens (tertiary/aromatic N) is 1. The molecule has 3 rings (SSSR count). The minimum atomic E-state index is -0.0293. The van der Waals surface area contributed by atoms with Gasteiger partial charge in [-0.25, -0.2) is 0 Å². The first-order chi connectivity index (χ1) is 15.7. The lowest BCUT2D eigenvalue weighted by molar-refractivity contribution is 0.223. The molecule has 0 heterocycles. The van der Waals surface area contributed by atoms with Crippen molar-refractivity contribution in [3.8, 4) is 6.07 Å². The Balaban J connectivity index is 1.43. The molecule has 2 aliphatic carbocycles. The molecule has 0 amide bonds. The molecule has 2 saturated carbocycles. The van der Waals surface area contributed by atoms with Crippen molar-refractivity contribution in [3.05, 3.63) is 35.4 Å².